The van der Waals surface area contributed by atoms with Crippen molar-refractivity contribution in [2.45, 2.75) is 38.8 Å². The van der Waals surface area contributed by atoms with Crippen LogP contribution >= 0.6 is 0 Å². The van der Waals surface area contributed by atoms with Crippen LogP contribution in [0.5, 0.6) is 0 Å². The highest BCUT2D eigenvalue weighted by Crippen LogP contribution is 2.23. The molecule has 2 aromatic carbocycles. The number of nitrogens with zero attached hydrogens (tertiary/aromatic N) is 3. The molecule has 3 aromatic rings. The smallest absolute Gasteiger partial charge is 0.274 e. The Balaban J connectivity index is 1.47. The molecule has 1 aliphatic rings. The number of anilines is 1. The maximum Gasteiger partial charge on any atom is 0.274 e. The lowest BCUT2D eigenvalue weighted by Crippen LogP contribution is -2.40. The van der Waals surface area contributed by atoms with E-state index in [4.69, 9.17) is 0 Å². The predicted molar refractivity (Wildman–Crippen MR) is 124 cm³/mol. The Bertz CT molecular complexity index is 1290. The standard InChI is InChI=1S/C23H26N4O4S/c1-2-19(16-26-23(29)21-8-4-3-7-18(21)15-24-26)25-22(28)17-9-11-20(12-10-17)27-13-5-6-14-32(27,30)31/h3-4,7-12,15,19H,2,5-6,13-14,16H2,1H3,(H,25,28)/t19-/m1/s1. The summed E-state index contributed by atoms with van der Waals surface area (Å²) in [5.74, 6) is -0.131. The minimum atomic E-state index is -3.29. The van der Waals surface area contributed by atoms with Gasteiger partial charge in [0.2, 0.25) is 10.0 Å². The molecule has 1 N–H and O–H groups in total. The van der Waals surface area contributed by atoms with Gasteiger partial charge in [-0.1, -0.05) is 25.1 Å². The molecule has 32 heavy (non-hydrogen) atoms. The number of hydrogen-bond donors (Lipinski definition) is 1. The van der Waals surface area contributed by atoms with Crippen LogP contribution in [-0.4, -0.2) is 42.4 Å². The zero-order valence-electron chi connectivity index (χ0n) is 17.9. The van der Waals surface area contributed by atoms with E-state index in [0.717, 1.165) is 11.8 Å². The lowest BCUT2D eigenvalue weighted by Gasteiger charge is -2.28. The lowest BCUT2D eigenvalue weighted by atomic mass is 10.1. The van der Waals surface area contributed by atoms with Crippen molar-refractivity contribution in [2.75, 3.05) is 16.6 Å². The van der Waals surface area contributed by atoms with Crippen LogP contribution in [0.4, 0.5) is 5.69 Å². The van der Waals surface area contributed by atoms with Crippen LogP contribution in [0.1, 0.15) is 36.5 Å². The summed E-state index contributed by atoms with van der Waals surface area (Å²) < 4.78 is 27.3. The highest BCUT2D eigenvalue weighted by Gasteiger charge is 2.26. The number of hydrogen-bond acceptors (Lipinski definition) is 5. The van der Waals surface area contributed by atoms with Crippen LogP contribution in [0.2, 0.25) is 0 Å². The van der Waals surface area contributed by atoms with E-state index < -0.39 is 10.0 Å². The third-order valence-electron chi connectivity index (χ3n) is 5.75. The number of benzene rings is 2. The van der Waals surface area contributed by atoms with E-state index in [1.54, 1.807) is 36.5 Å². The van der Waals surface area contributed by atoms with Crippen molar-refractivity contribution in [3.8, 4) is 0 Å². The van der Waals surface area contributed by atoms with E-state index in [-0.39, 0.29) is 29.8 Å². The molecule has 0 unspecified atom stereocenters. The number of carbonyl (C=O) groups excluding carboxylic acids is 1. The molecule has 0 aliphatic carbocycles. The van der Waals surface area contributed by atoms with Gasteiger partial charge in [-0.15, -0.1) is 0 Å². The van der Waals surface area contributed by atoms with Gasteiger partial charge in [-0.25, -0.2) is 13.1 Å². The first kappa shape index (κ1) is 22.0. The average Bonchev–Trinajstić information content (AvgIpc) is 2.80. The number of carbonyl (C=O) groups is 1. The van der Waals surface area contributed by atoms with Crippen molar-refractivity contribution in [2.24, 2.45) is 0 Å². The van der Waals surface area contributed by atoms with E-state index >= 15 is 0 Å². The third kappa shape index (κ3) is 4.52. The first-order valence-electron chi connectivity index (χ1n) is 10.8. The first-order chi connectivity index (χ1) is 15.4. The number of nitrogens with one attached hydrogen (secondary N) is 1. The number of rotatable bonds is 6. The molecule has 0 saturated carbocycles. The minimum Gasteiger partial charge on any atom is -0.347 e. The Morgan fingerprint density at radius 3 is 2.59 bits per heavy atom. The van der Waals surface area contributed by atoms with Crippen molar-refractivity contribution in [1.82, 2.24) is 15.1 Å². The fourth-order valence-electron chi connectivity index (χ4n) is 3.87. The monoisotopic (exact) mass is 454 g/mol. The van der Waals surface area contributed by atoms with Crippen LogP contribution in [-0.2, 0) is 16.6 Å². The first-order valence-corrected chi connectivity index (χ1v) is 12.4. The largest absolute Gasteiger partial charge is 0.347 e. The predicted octanol–water partition coefficient (Wildman–Crippen LogP) is 2.54. The van der Waals surface area contributed by atoms with Crippen molar-refractivity contribution < 1.29 is 13.2 Å². The molecule has 1 atom stereocenters. The molecule has 8 nitrogen and oxygen atoms in total. The fraction of sp³-hybridized carbons (Fsp3) is 0.348. The molecule has 168 valence electrons. The van der Waals surface area contributed by atoms with E-state index in [0.29, 0.717) is 36.0 Å². The molecular weight excluding hydrogens is 428 g/mol. The number of aromatic nitrogens is 2. The second-order valence-electron chi connectivity index (χ2n) is 7.94. The summed E-state index contributed by atoms with van der Waals surface area (Å²) in [6.07, 6.45) is 3.77. The molecule has 1 fully saturated rings. The Hall–Kier alpha value is -3.20. The lowest BCUT2D eigenvalue weighted by molar-refractivity contribution is 0.0930. The highest BCUT2D eigenvalue weighted by atomic mass is 32.2. The zero-order valence-corrected chi connectivity index (χ0v) is 18.7. The Morgan fingerprint density at radius 2 is 1.88 bits per heavy atom. The third-order valence-corrected chi connectivity index (χ3v) is 7.62. The number of sulfonamides is 1. The van der Waals surface area contributed by atoms with Gasteiger partial charge < -0.3 is 5.32 Å². The van der Waals surface area contributed by atoms with E-state index in [9.17, 15) is 18.0 Å². The van der Waals surface area contributed by atoms with Crippen LogP contribution in [0, 0.1) is 0 Å². The SMILES string of the molecule is CC[C@H](Cn1ncc2ccccc2c1=O)NC(=O)c1ccc(N2CCCCS2(=O)=O)cc1. The Kier molecular flexibility index (Phi) is 6.27. The molecule has 9 heteroatoms. The molecule has 0 radical (unpaired) electrons. The van der Waals surface area contributed by atoms with Gasteiger partial charge in [0.05, 0.1) is 29.6 Å². The Morgan fingerprint density at radius 1 is 1.12 bits per heavy atom. The molecule has 1 amide bonds. The number of fused-ring (bicyclic) bond motifs is 1. The van der Waals surface area contributed by atoms with Crippen LogP contribution in [0.25, 0.3) is 10.8 Å². The van der Waals surface area contributed by atoms with E-state index in [1.807, 2.05) is 25.1 Å². The van der Waals surface area contributed by atoms with Crippen LogP contribution in [0.15, 0.2) is 59.5 Å². The summed E-state index contributed by atoms with van der Waals surface area (Å²) in [6.45, 7) is 2.65. The molecule has 2 heterocycles. The van der Waals surface area contributed by atoms with Crippen molar-refractivity contribution in [3.05, 3.63) is 70.6 Å². The summed E-state index contributed by atoms with van der Waals surface area (Å²) in [5, 5.41) is 8.56. The maximum atomic E-state index is 12.8. The van der Waals surface area contributed by atoms with Crippen molar-refractivity contribution in [3.63, 3.8) is 0 Å². The van der Waals surface area contributed by atoms with Gasteiger partial charge in [-0.2, -0.15) is 5.10 Å². The van der Waals surface area contributed by atoms with Crippen LogP contribution in [0.3, 0.4) is 0 Å². The average molecular weight is 455 g/mol. The Labute approximate surface area is 186 Å². The summed E-state index contributed by atoms with van der Waals surface area (Å²) in [4.78, 5) is 25.5. The number of amides is 1. The van der Waals surface area contributed by atoms with Gasteiger partial charge in [0.1, 0.15) is 0 Å². The summed E-state index contributed by atoms with van der Waals surface area (Å²) in [6, 6.07) is 13.6. The van der Waals surface area contributed by atoms with Crippen molar-refractivity contribution >= 4 is 32.4 Å². The van der Waals surface area contributed by atoms with Gasteiger partial charge in [0, 0.05) is 23.5 Å². The zero-order chi connectivity index (χ0) is 22.7. The van der Waals surface area contributed by atoms with Crippen molar-refractivity contribution in [1.29, 1.82) is 0 Å². The normalized spacial score (nSPS) is 16.6. The van der Waals surface area contributed by atoms with Gasteiger partial charge in [-0.05, 0) is 49.6 Å². The molecule has 0 bridgehead atoms. The van der Waals surface area contributed by atoms with Gasteiger partial charge in [-0.3, -0.25) is 13.9 Å². The second-order valence-corrected chi connectivity index (χ2v) is 9.95. The van der Waals surface area contributed by atoms with E-state index in [1.165, 1.54) is 8.99 Å². The molecule has 1 saturated heterocycles. The second kappa shape index (κ2) is 9.12. The minimum absolute atomic E-state index is 0.148. The molecular formula is C23H26N4O4S. The van der Waals surface area contributed by atoms with Gasteiger partial charge in [0.25, 0.3) is 11.5 Å². The summed E-state index contributed by atoms with van der Waals surface area (Å²) >= 11 is 0. The van der Waals surface area contributed by atoms with Crippen LogP contribution < -0.4 is 15.2 Å². The highest BCUT2D eigenvalue weighted by molar-refractivity contribution is 7.92. The maximum absolute atomic E-state index is 12.8. The molecule has 0 spiro atoms. The van der Waals surface area contributed by atoms with E-state index in [2.05, 4.69) is 10.4 Å². The topological polar surface area (TPSA) is 101 Å². The van der Waals surface area contributed by atoms with Gasteiger partial charge in [0.15, 0.2) is 0 Å². The molecule has 4 rings (SSSR count). The molecule has 1 aromatic heterocycles. The quantitative estimate of drug-likeness (QED) is 0.617. The summed E-state index contributed by atoms with van der Waals surface area (Å²) in [7, 11) is -3.29. The van der Waals surface area contributed by atoms with Gasteiger partial charge >= 0.3 is 0 Å². The summed E-state index contributed by atoms with van der Waals surface area (Å²) in [5.41, 5.74) is 0.809. The molecule has 1 aliphatic heterocycles. The fourth-order valence-corrected chi connectivity index (χ4v) is 5.51.